The summed E-state index contributed by atoms with van der Waals surface area (Å²) in [5.74, 6) is -2.47. The molecule has 22 heavy (non-hydrogen) atoms. The molecule has 2 aliphatic rings. The number of benzene rings is 1. The largest absolute Gasteiger partial charge is 0.481 e. The van der Waals surface area contributed by atoms with Crippen LogP contribution in [0.15, 0.2) is 24.3 Å². The van der Waals surface area contributed by atoms with Crippen molar-refractivity contribution in [1.82, 2.24) is 4.90 Å². The maximum absolute atomic E-state index is 12.4. The van der Waals surface area contributed by atoms with Gasteiger partial charge >= 0.3 is 11.9 Å². The lowest BCUT2D eigenvalue weighted by molar-refractivity contribution is -0.151. The van der Waals surface area contributed by atoms with Gasteiger partial charge in [-0.2, -0.15) is 0 Å². The van der Waals surface area contributed by atoms with E-state index in [2.05, 4.69) is 0 Å². The molecule has 0 bridgehead atoms. The second-order valence-corrected chi connectivity index (χ2v) is 6.37. The molecule has 0 aromatic heterocycles. The fraction of sp³-hybridized carbons (Fsp3) is 0.438. The van der Waals surface area contributed by atoms with E-state index in [1.54, 1.807) is 0 Å². The summed E-state index contributed by atoms with van der Waals surface area (Å²) < 4.78 is 0. The van der Waals surface area contributed by atoms with Crippen LogP contribution in [-0.4, -0.2) is 46.0 Å². The van der Waals surface area contributed by atoms with Crippen LogP contribution in [0.1, 0.15) is 17.5 Å². The number of aliphatic carboxylic acids is 2. The summed E-state index contributed by atoms with van der Waals surface area (Å²) >= 11 is 0. The van der Waals surface area contributed by atoms with Crippen LogP contribution in [0.4, 0.5) is 0 Å². The predicted octanol–water partition coefficient (Wildman–Crippen LogP) is 0.925. The van der Waals surface area contributed by atoms with E-state index in [1.807, 2.05) is 31.2 Å². The van der Waals surface area contributed by atoms with Crippen LogP contribution in [0, 0.1) is 17.8 Å². The van der Waals surface area contributed by atoms with E-state index in [0.29, 0.717) is 0 Å². The van der Waals surface area contributed by atoms with Gasteiger partial charge in [-0.25, -0.2) is 0 Å². The van der Waals surface area contributed by atoms with E-state index in [0.717, 1.165) is 11.1 Å². The number of hydrogen-bond acceptors (Lipinski definition) is 3. The average Bonchev–Trinajstić information content (AvgIpc) is 2.98. The van der Waals surface area contributed by atoms with Crippen LogP contribution in [0.25, 0.3) is 0 Å². The highest BCUT2D eigenvalue weighted by Crippen LogP contribution is 2.68. The smallest absolute Gasteiger partial charge is 0.312 e. The summed E-state index contributed by atoms with van der Waals surface area (Å²) in [6.07, 6.45) is 0.270. The SMILES string of the molecule is Cc1cccc(CC(=O)N2C[C@@]3(C(=O)O)C[C@@]3(C(=O)O)C2)c1. The van der Waals surface area contributed by atoms with Crippen molar-refractivity contribution in [3.8, 4) is 0 Å². The first-order valence-corrected chi connectivity index (χ1v) is 7.11. The van der Waals surface area contributed by atoms with Crippen molar-refractivity contribution in [3.63, 3.8) is 0 Å². The van der Waals surface area contributed by atoms with Gasteiger partial charge in [-0.15, -0.1) is 0 Å². The number of amides is 1. The van der Waals surface area contributed by atoms with Gasteiger partial charge in [0.2, 0.25) is 5.91 Å². The fourth-order valence-electron chi connectivity index (χ4n) is 3.57. The lowest BCUT2D eigenvalue weighted by Crippen LogP contribution is -2.35. The van der Waals surface area contributed by atoms with E-state index in [4.69, 9.17) is 0 Å². The number of carboxylic acids is 2. The van der Waals surface area contributed by atoms with Crippen molar-refractivity contribution >= 4 is 17.8 Å². The number of carbonyl (C=O) groups is 3. The third kappa shape index (κ3) is 1.90. The molecule has 1 aromatic rings. The van der Waals surface area contributed by atoms with Gasteiger partial charge in [0, 0.05) is 13.1 Å². The van der Waals surface area contributed by atoms with E-state index >= 15 is 0 Å². The van der Waals surface area contributed by atoms with E-state index in [1.165, 1.54) is 4.90 Å². The van der Waals surface area contributed by atoms with Gasteiger partial charge in [-0.05, 0) is 18.9 Å². The Morgan fingerprint density at radius 3 is 2.23 bits per heavy atom. The third-order valence-corrected chi connectivity index (χ3v) is 4.93. The number of aryl methyl sites for hydroxylation is 1. The number of fused-ring (bicyclic) bond motifs is 1. The van der Waals surface area contributed by atoms with Crippen LogP contribution >= 0.6 is 0 Å². The highest BCUT2D eigenvalue weighted by molar-refractivity contribution is 5.96. The molecule has 1 aliphatic heterocycles. The first-order valence-electron chi connectivity index (χ1n) is 7.11. The molecule has 1 heterocycles. The van der Waals surface area contributed by atoms with Crippen LogP contribution < -0.4 is 0 Å². The Hall–Kier alpha value is -2.37. The Balaban J connectivity index is 1.76. The van der Waals surface area contributed by atoms with Crippen LogP contribution in [0.2, 0.25) is 0 Å². The molecule has 0 unspecified atom stereocenters. The Kier molecular flexibility index (Phi) is 3.02. The van der Waals surface area contributed by atoms with Crippen LogP contribution in [-0.2, 0) is 20.8 Å². The molecule has 3 rings (SSSR count). The molecule has 1 aromatic carbocycles. The van der Waals surface area contributed by atoms with Crippen LogP contribution in [0.5, 0.6) is 0 Å². The number of carbonyl (C=O) groups excluding carboxylic acids is 1. The summed E-state index contributed by atoms with van der Waals surface area (Å²) in [6.45, 7) is 1.90. The van der Waals surface area contributed by atoms with E-state index in [9.17, 15) is 24.6 Å². The third-order valence-electron chi connectivity index (χ3n) is 4.93. The Morgan fingerprint density at radius 2 is 1.73 bits per heavy atom. The second-order valence-electron chi connectivity index (χ2n) is 6.37. The minimum atomic E-state index is -1.30. The molecule has 6 heteroatoms. The number of nitrogens with zero attached hydrogens (tertiary/aromatic N) is 1. The molecule has 1 saturated heterocycles. The average molecular weight is 303 g/mol. The molecule has 6 nitrogen and oxygen atoms in total. The normalized spacial score (nSPS) is 29.0. The molecule has 1 amide bonds. The standard InChI is InChI=1S/C16H17NO5/c1-10-3-2-4-11(5-10)6-12(18)17-8-15(13(19)20)7-16(15,9-17)14(21)22/h2-5H,6-9H2,1H3,(H,19,20)(H,21,22)/t15-,16+. The Bertz CT molecular complexity index is 657. The van der Waals surface area contributed by atoms with Gasteiger partial charge in [0.05, 0.1) is 6.42 Å². The van der Waals surface area contributed by atoms with Crippen molar-refractivity contribution in [3.05, 3.63) is 35.4 Å². The summed E-state index contributed by atoms with van der Waals surface area (Å²) in [4.78, 5) is 36.6. The van der Waals surface area contributed by atoms with Gasteiger partial charge in [0.15, 0.2) is 0 Å². The number of likely N-dealkylation sites (tertiary alicyclic amines) is 1. The predicted molar refractivity (Wildman–Crippen MR) is 76.2 cm³/mol. The van der Waals surface area contributed by atoms with Crippen molar-refractivity contribution in [2.75, 3.05) is 13.1 Å². The first kappa shape index (κ1) is 14.6. The zero-order valence-electron chi connectivity index (χ0n) is 12.2. The van der Waals surface area contributed by atoms with Gasteiger partial charge in [-0.3, -0.25) is 14.4 Å². The quantitative estimate of drug-likeness (QED) is 0.862. The fourth-order valence-corrected chi connectivity index (χ4v) is 3.57. The maximum Gasteiger partial charge on any atom is 0.312 e. The Morgan fingerprint density at radius 1 is 1.14 bits per heavy atom. The number of piperidine rings is 1. The molecule has 0 spiro atoms. The van der Waals surface area contributed by atoms with Crippen molar-refractivity contribution < 1.29 is 24.6 Å². The Labute approximate surface area is 127 Å². The summed E-state index contributed by atoms with van der Waals surface area (Å²) in [6, 6.07) is 7.52. The molecular formula is C16H17NO5. The zero-order chi connectivity index (χ0) is 16.1. The van der Waals surface area contributed by atoms with Gasteiger partial charge in [-0.1, -0.05) is 29.8 Å². The zero-order valence-corrected chi connectivity index (χ0v) is 12.2. The molecule has 1 saturated carbocycles. The number of hydrogen-bond donors (Lipinski definition) is 2. The van der Waals surface area contributed by atoms with Crippen molar-refractivity contribution in [1.29, 1.82) is 0 Å². The van der Waals surface area contributed by atoms with E-state index in [-0.39, 0.29) is 31.8 Å². The molecule has 2 N–H and O–H groups in total. The lowest BCUT2D eigenvalue weighted by atomic mass is 9.97. The second kappa shape index (κ2) is 4.56. The maximum atomic E-state index is 12.4. The summed E-state index contributed by atoms with van der Waals surface area (Å²) in [7, 11) is 0. The van der Waals surface area contributed by atoms with Gasteiger partial charge < -0.3 is 15.1 Å². The monoisotopic (exact) mass is 303 g/mol. The number of carboxylic acid groups (broad SMARTS) is 2. The molecule has 2 fully saturated rings. The molecule has 1 aliphatic carbocycles. The summed E-state index contributed by atoms with van der Waals surface area (Å²) in [5.41, 5.74) is -0.722. The minimum absolute atomic E-state index is 0.0146. The minimum Gasteiger partial charge on any atom is -0.481 e. The molecule has 0 radical (unpaired) electrons. The van der Waals surface area contributed by atoms with Crippen LogP contribution in [0.3, 0.4) is 0 Å². The highest BCUT2D eigenvalue weighted by Gasteiger charge is 2.81. The van der Waals surface area contributed by atoms with Crippen molar-refractivity contribution in [2.24, 2.45) is 10.8 Å². The molecular weight excluding hydrogens is 286 g/mol. The molecule has 2 atom stereocenters. The van der Waals surface area contributed by atoms with Gasteiger partial charge in [0.1, 0.15) is 10.8 Å². The lowest BCUT2D eigenvalue weighted by Gasteiger charge is -2.20. The summed E-state index contributed by atoms with van der Waals surface area (Å²) in [5, 5.41) is 18.7. The number of rotatable bonds is 4. The van der Waals surface area contributed by atoms with Gasteiger partial charge in [0.25, 0.3) is 0 Å². The van der Waals surface area contributed by atoms with Crippen molar-refractivity contribution in [2.45, 2.75) is 19.8 Å². The topological polar surface area (TPSA) is 94.9 Å². The van der Waals surface area contributed by atoms with E-state index < -0.39 is 22.8 Å². The highest BCUT2D eigenvalue weighted by atomic mass is 16.4. The first-order chi connectivity index (χ1) is 10.3. The molecule has 116 valence electrons.